The first-order valence-corrected chi connectivity index (χ1v) is 4.32. The Bertz CT molecular complexity index is 186. The van der Waals surface area contributed by atoms with Crippen molar-refractivity contribution in [1.82, 2.24) is 4.90 Å². The Morgan fingerprint density at radius 3 is 2.92 bits per heavy atom. The van der Waals surface area contributed by atoms with Crippen LogP contribution >= 0.6 is 12.4 Å². The van der Waals surface area contributed by atoms with Crippen LogP contribution in [0.15, 0.2) is 0 Å². The zero-order chi connectivity index (χ0) is 7.84. The summed E-state index contributed by atoms with van der Waals surface area (Å²) in [6, 6.07) is 0.813. The Kier molecular flexibility index (Phi) is 2.96. The molecule has 2 aliphatic heterocycles. The molecule has 2 rings (SSSR count). The highest BCUT2D eigenvalue weighted by molar-refractivity contribution is 5.85. The third kappa shape index (κ3) is 1.57. The first kappa shape index (κ1) is 9.81. The normalized spacial score (nSPS) is 34.4. The SMILES string of the molecule is Cl.NC1CCN2C(=O)CCC2C1. The van der Waals surface area contributed by atoms with Crippen LogP contribution < -0.4 is 5.73 Å². The predicted molar refractivity (Wildman–Crippen MR) is 49.2 cm³/mol. The lowest BCUT2D eigenvalue weighted by molar-refractivity contribution is -0.129. The minimum Gasteiger partial charge on any atom is -0.340 e. The molecule has 0 radical (unpaired) electrons. The molecule has 0 aromatic carbocycles. The van der Waals surface area contributed by atoms with Crippen LogP contribution in [0.25, 0.3) is 0 Å². The Morgan fingerprint density at radius 1 is 1.42 bits per heavy atom. The second-order valence-electron chi connectivity index (χ2n) is 3.56. The van der Waals surface area contributed by atoms with Crippen LogP contribution in [0.5, 0.6) is 0 Å². The number of piperidine rings is 1. The first-order chi connectivity index (χ1) is 5.27. The maximum absolute atomic E-state index is 11.2. The van der Waals surface area contributed by atoms with Gasteiger partial charge in [0, 0.05) is 25.0 Å². The Balaban J connectivity index is 0.000000720. The zero-order valence-corrected chi connectivity index (χ0v) is 7.85. The van der Waals surface area contributed by atoms with Gasteiger partial charge < -0.3 is 10.6 Å². The van der Waals surface area contributed by atoms with Crippen molar-refractivity contribution >= 4 is 18.3 Å². The Hall–Kier alpha value is -0.280. The number of carbonyl (C=O) groups excluding carboxylic acids is 1. The summed E-state index contributed by atoms with van der Waals surface area (Å²) >= 11 is 0. The molecule has 3 nitrogen and oxygen atoms in total. The molecule has 0 spiro atoms. The van der Waals surface area contributed by atoms with Gasteiger partial charge in [0.05, 0.1) is 0 Å². The van der Waals surface area contributed by atoms with E-state index in [0.29, 0.717) is 18.0 Å². The molecule has 0 bridgehead atoms. The molecule has 1 amide bonds. The van der Waals surface area contributed by atoms with E-state index in [1.807, 2.05) is 4.90 Å². The molecule has 70 valence electrons. The number of hydrogen-bond acceptors (Lipinski definition) is 2. The number of halogens is 1. The van der Waals surface area contributed by atoms with Gasteiger partial charge in [-0.25, -0.2) is 0 Å². The Labute approximate surface area is 78.7 Å². The highest BCUT2D eigenvalue weighted by Crippen LogP contribution is 2.26. The fourth-order valence-electron chi connectivity index (χ4n) is 2.12. The van der Waals surface area contributed by atoms with Crippen LogP contribution in [0.4, 0.5) is 0 Å². The fourth-order valence-corrected chi connectivity index (χ4v) is 2.12. The van der Waals surface area contributed by atoms with E-state index < -0.39 is 0 Å². The minimum atomic E-state index is 0. The van der Waals surface area contributed by atoms with E-state index in [2.05, 4.69) is 0 Å². The van der Waals surface area contributed by atoms with Gasteiger partial charge in [-0.3, -0.25) is 4.79 Å². The van der Waals surface area contributed by atoms with Crippen LogP contribution in [0.1, 0.15) is 25.7 Å². The van der Waals surface area contributed by atoms with Crippen molar-refractivity contribution in [2.24, 2.45) is 5.73 Å². The van der Waals surface area contributed by atoms with E-state index in [4.69, 9.17) is 5.73 Å². The predicted octanol–water partition coefficient (Wildman–Crippen LogP) is 0.520. The third-order valence-electron chi connectivity index (χ3n) is 2.77. The molecular weight excluding hydrogens is 176 g/mol. The van der Waals surface area contributed by atoms with Gasteiger partial charge >= 0.3 is 0 Å². The summed E-state index contributed by atoms with van der Waals surface area (Å²) < 4.78 is 0. The average Bonchev–Trinajstić information content (AvgIpc) is 2.32. The summed E-state index contributed by atoms with van der Waals surface area (Å²) in [6.45, 7) is 0.894. The number of rotatable bonds is 0. The molecule has 2 saturated heterocycles. The number of fused-ring (bicyclic) bond motifs is 1. The van der Waals surface area contributed by atoms with Gasteiger partial charge in [0.15, 0.2) is 0 Å². The van der Waals surface area contributed by atoms with Crippen LogP contribution in [0.2, 0.25) is 0 Å². The molecule has 0 aromatic heterocycles. The van der Waals surface area contributed by atoms with E-state index in [1.54, 1.807) is 0 Å². The number of amides is 1. The van der Waals surface area contributed by atoms with Gasteiger partial charge in [-0.2, -0.15) is 0 Å². The molecule has 0 saturated carbocycles. The number of hydrogen-bond donors (Lipinski definition) is 1. The standard InChI is InChI=1S/C8H14N2O.ClH/c9-6-3-4-10-7(5-6)1-2-8(10)11;/h6-7H,1-5,9H2;1H. The van der Waals surface area contributed by atoms with Crippen LogP contribution in [-0.4, -0.2) is 29.4 Å². The molecule has 4 heteroatoms. The third-order valence-corrected chi connectivity index (χ3v) is 2.77. The fraction of sp³-hybridized carbons (Fsp3) is 0.875. The summed E-state index contributed by atoms with van der Waals surface area (Å²) in [5.41, 5.74) is 5.80. The monoisotopic (exact) mass is 190 g/mol. The van der Waals surface area contributed by atoms with Gasteiger partial charge in [-0.15, -0.1) is 12.4 Å². The average molecular weight is 191 g/mol. The molecule has 0 aromatic rings. The quantitative estimate of drug-likeness (QED) is 0.606. The topological polar surface area (TPSA) is 46.3 Å². The summed E-state index contributed by atoms with van der Waals surface area (Å²) in [4.78, 5) is 13.2. The van der Waals surface area contributed by atoms with Crippen molar-refractivity contribution in [2.75, 3.05) is 6.54 Å². The van der Waals surface area contributed by atoms with Gasteiger partial charge in [0.1, 0.15) is 0 Å². The van der Waals surface area contributed by atoms with Crippen LogP contribution in [0.3, 0.4) is 0 Å². The molecule has 2 N–H and O–H groups in total. The lowest BCUT2D eigenvalue weighted by Gasteiger charge is -2.33. The maximum atomic E-state index is 11.2. The second kappa shape index (κ2) is 3.62. The van der Waals surface area contributed by atoms with Crippen molar-refractivity contribution in [3.05, 3.63) is 0 Å². The molecule has 2 fully saturated rings. The van der Waals surface area contributed by atoms with Gasteiger partial charge in [0.25, 0.3) is 0 Å². The molecular formula is C8H15ClN2O. The molecule has 2 aliphatic rings. The van der Waals surface area contributed by atoms with Gasteiger partial charge in [-0.1, -0.05) is 0 Å². The highest BCUT2D eigenvalue weighted by Gasteiger charge is 2.34. The number of nitrogens with two attached hydrogens (primary N) is 1. The molecule has 0 aliphatic carbocycles. The molecule has 2 atom stereocenters. The molecule has 2 heterocycles. The van der Waals surface area contributed by atoms with Crippen molar-refractivity contribution < 1.29 is 4.79 Å². The molecule has 2 unspecified atom stereocenters. The van der Waals surface area contributed by atoms with E-state index in [9.17, 15) is 4.79 Å². The van der Waals surface area contributed by atoms with Crippen LogP contribution in [-0.2, 0) is 4.79 Å². The second-order valence-corrected chi connectivity index (χ2v) is 3.56. The zero-order valence-electron chi connectivity index (χ0n) is 7.03. The van der Waals surface area contributed by atoms with E-state index in [-0.39, 0.29) is 12.4 Å². The smallest absolute Gasteiger partial charge is 0.222 e. The van der Waals surface area contributed by atoms with Crippen LogP contribution in [0, 0.1) is 0 Å². The number of nitrogens with zero attached hydrogens (tertiary/aromatic N) is 1. The van der Waals surface area contributed by atoms with Crippen molar-refractivity contribution in [3.8, 4) is 0 Å². The van der Waals surface area contributed by atoms with Crippen molar-refractivity contribution in [1.29, 1.82) is 0 Å². The lowest BCUT2D eigenvalue weighted by atomic mass is 9.99. The van der Waals surface area contributed by atoms with E-state index >= 15 is 0 Å². The Morgan fingerprint density at radius 2 is 2.17 bits per heavy atom. The summed E-state index contributed by atoms with van der Waals surface area (Å²) in [6.07, 6.45) is 3.79. The highest BCUT2D eigenvalue weighted by atomic mass is 35.5. The van der Waals surface area contributed by atoms with Gasteiger partial charge in [0.2, 0.25) is 5.91 Å². The van der Waals surface area contributed by atoms with E-state index in [1.165, 1.54) is 0 Å². The summed E-state index contributed by atoms with van der Waals surface area (Å²) in [5.74, 6) is 0.335. The molecule has 12 heavy (non-hydrogen) atoms. The first-order valence-electron chi connectivity index (χ1n) is 4.32. The van der Waals surface area contributed by atoms with Gasteiger partial charge in [-0.05, 0) is 19.3 Å². The van der Waals surface area contributed by atoms with E-state index in [0.717, 1.165) is 32.2 Å². The van der Waals surface area contributed by atoms with Crippen molar-refractivity contribution in [3.63, 3.8) is 0 Å². The minimum absolute atomic E-state index is 0. The largest absolute Gasteiger partial charge is 0.340 e. The maximum Gasteiger partial charge on any atom is 0.222 e. The summed E-state index contributed by atoms with van der Waals surface area (Å²) in [7, 11) is 0. The lowest BCUT2D eigenvalue weighted by Crippen LogP contribution is -2.45. The van der Waals surface area contributed by atoms with Crippen molar-refractivity contribution in [2.45, 2.75) is 37.8 Å². The summed E-state index contributed by atoms with van der Waals surface area (Å²) in [5, 5.41) is 0. The number of carbonyl (C=O) groups is 1.